The van der Waals surface area contributed by atoms with E-state index in [-0.39, 0.29) is 45.9 Å². The highest BCUT2D eigenvalue weighted by molar-refractivity contribution is 6.36. The zero-order valence-corrected chi connectivity index (χ0v) is 17.2. The van der Waals surface area contributed by atoms with E-state index in [4.69, 9.17) is 27.9 Å². The molecule has 1 aliphatic carbocycles. The van der Waals surface area contributed by atoms with Crippen molar-refractivity contribution in [3.63, 3.8) is 0 Å². The van der Waals surface area contributed by atoms with Crippen LogP contribution in [-0.2, 0) is 4.79 Å². The Labute approximate surface area is 164 Å². The molecule has 2 fully saturated rings. The second-order valence-corrected chi connectivity index (χ2v) is 9.69. The summed E-state index contributed by atoms with van der Waals surface area (Å²) in [5.41, 5.74) is 0.711. The third-order valence-electron chi connectivity index (χ3n) is 5.46. The summed E-state index contributed by atoms with van der Waals surface area (Å²) >= 11 is 12.2. The van der Waals surface area contributed by atoms with Gasteiger partial charge in [0.15, 0.2) is 12.4 Å². The average Bonchev–Trinajstić information content (AvgIpc) is 2.74. The van der Waals surface area contributed by atoms with Crippen LogP contribution in [0.1, 0.15) is 57.3 Å². The number of hydrogen-bond donors (Lipinski definition) is 0. The highest BCUT2D eigenvalue weighted by Gasteiger charge is 2.50. The maximum atomic E-state index is 12.8. The number of carbonyl (C=O) groups is 2. The number of benzene rings is 1. The highest BCUT2D eigenvalue weighted by Crippen LogP contribution is 2.52. The average molecular weight is 398 g/mol. The fraction of sp³-hybridized carbons (Fsp3) is 0.600. The second kappa shape index (κ2) is 6.72. The Morgan fingerprint density at radius 1 is 1.23 bits per heavy atom. The largest absolute Gasteiger partial charge is 0.481 e. The molecule has 1 aromatic rings. The summed E-state index contributed by atoms with van der Waals surface area (Å²) in [6.07, 6.45) is 3.18. The molecule has 26 heavy (non-hydrogen) atoms. The predicted molar refractivity (Wildman–Crippen MR) is 103 cm³/mol. The van der Waals surface area contributed by atoms with Crippen LogP contribution in [0.5, 0.6) is 5.75 Å². The Morgan fingerprint density at radius 2 is 1.92 bits per heavy atom. The quantitative estimate of drug-likeness (QED) is 0.671. The van der Waals surface area contributed by atoms with Gasteiger partial charge < -0.3 is 9.64 Å². The zero-order valence-electron chi connectivity index (χ0n) is 15.7. The van der Waals surface area contributed by atoms with Crippen molar-refractivity contribution in [3.8, 4) is 5.75 Å². The number of halogens is 2. The van der Waals surface area contributed by atoms with E-state index in [1.54, 1.807) is 0 Å². The topological polar surface area (TPSA) is 46.6 Å². The summed E-state index contributed by atoms with van der Waals surface area (Å²) in [6.45, 7) is 8.86. The van der Waals surface area contributed by atoms with Crippen molar-refractivity contribution < 1.29 is 14.3 Å². The van der Waals surface area contributed by atoms with E-state index in [2.05, 4.69) is 20.8 Å². The number of rotatable bonds is 4. The number of ether oxygens (including phenoxy) is 1. The fourth-order valence-electron chi connectivity index (χ4n) is 4.94. The van der Waals surface area contributed by atoms with E-state index >= 15 is 0 Å². The molecule has 2 bridgehead atoms. The van der Waals surface area contributed by atoms with Gasteiger partial charge >= 0.3 is 0 Å². The van der Waals surface area contributed by atoms with E-state index in [0.717, 1.165) is 25.8 Å². The smallest absolute Gasteiger partial charge is 0.260 e. The van der Waals surface area contributed by atoms with E-state index in [1.807, 2.05) is 4.90 Å². The summed E-state index contributed by atoms with van der Waals surface area (Å²) < 4.78 is 5.69. The molecule has 0 N–H and O–H groups in total. The molecule has 1 amide bonds. The van der Waals surface area contributed by atoms with Crippen molar-refractivity contribution in [1.29, 1.82) is 0 Å². The van der Waals surface area contributed by atoms with Gasteiger partial charge in [0.1, 0.15) is 5.75 Å². The first-order valence-electron chi connectivity index (χ1n) is 8.92. The number of nitrogens with zero attached hydrogens (tertiary/aromatic N) is 1. The van der Waals surface area contributed by atoms with Crippen LogP contribution >= 0.6 is 23.2 Å². The molecule has 1 saturated heterocycles. The summed E-state index contributed by atoms with van der Waals surface area (Å²) in [5, 5.41) is 0.603. The Kier molecular flexibility index (Phi) is 5.04. The van der Waals surface area contributed by atoms with Gasteiger partial charge in [-0.25, -0.2) is 0 Å². The van der Waals surface area contributed by atoms with Gasteiger partial charge in [-0.05, 0) is 49.1 Å². The molecular weight excluding hydrogens is 373 g/mol. The SMILES string of the molecule is CC(=O)c1cc(Cl)cc(Cl)c1OCC(=O)N1C[C@]2(C)C[C@H]1CC(C)(C)C2. The van der Waals surface area contributed by atoms with Gasteiger partial charge in [-0.3, -0.25) is 9.59 Å². The number of fused-ring (bicyclic) bond motifs is 2. The number of likely N-dealkylation sites (tertiary alicyclic amines) is 1. The Morgan fingerprint density at radius 3 is 2.58 bits per heavy atom. The minimum Gasteiger partial charge on any atom is -0.481 e. The van der Waals surface area contributed by atoms with E-state index in [9.17, 15) is 9.59 Å². The lowest BCUT2D eigenvalue weighted by atomic mass is 9.65. The molecule has 0 radical (unpaired) electrons. The predicted octanol–water partition coefficient (Wildman–Crippen LogP) is 5.00. The van der Waals surface area contributed by atoms with E-state index in [1.165, 1.54) is 19.1 Å². The molecule has 1 saturated carbocycles. The van der Waals surface area contributed by atoms with Crippen LogP contribution in [0, 0.1) is 10.8 Å². The first-order chi connectivity index (χ1) is 12.0. The standard InChI is InChI=1S/C20H25Cl2NO3/c1-12(24)15-5-13(21)6-16(22)18(15)26-9-17(25)23-11-20(4)8-14(23)7-19(2,3)10-20/h5-6,14H,7-11H2,1-4H3/t14-,20-/m1/s1. The molecule has 3 rings (SSSR count). The van der Waals surface area contributed by atoms with Gasteiger partial charge in [0.25, 0.3) is 5.91 Å². The van der Waals surface area contributed by atoms with Crippen LogP contribution in [0.25, 0.3) is 0 Å². The molecule has 4 nitrogen and oxygen atoms in total. The summed E-state index contributed by atoms with van der Waals surface area (Å²) in [4.78, 5) is 26.6. The third-order valence-corrected chi connectivity index (χ3v) is 5.96. The van der Waals surface area contributed by atoms with E-state index in [0.29, 0.717) is 10.6 Å². The summed E-state index contributed by atoms with van der Waals surface area (Å²) in [7, 11) is 0. The third kappa shape index (κ3) is 3.86. The van der Waals surface area contributed by atoms with Gasteiger partial charge in [-0.2, -0.15) is 0 Å². The minimum absolute atomic E-state index is 0.0584. The number of ketones is 1. The maximum absolute atomic E-state index is 12.8. The van der Waals surface area contributed by atoms with Gasteiger partial charge in [0.05, 0.1) is 10.6 Å². The molecule has 6 heteroatoms. The van der Waals surface area contributed by atoms with Crippen molar-refractivity contribution in [2.24, 2.45) is 10.8 Å². The molecule has 2 aliphatic rings. The normalized spacial score (nSPS) is 26.7. The molecular formula is C20H25Cl2NO3. The molecule has 0 unspecified atom stereocenters. The van der Waals surface area contributed by atoms with Gasteiger partial charge in [-0.1, -0.05) is 44.0 Å². The molecule has 142 valence electrons. The maximum Gasteiger partial charge on any atom is 0.260 e. The number of hydrogen-bond acceptors (Lipinski definition) is 3. The van der Waals surface area contributed by atoms with Crippen LogP contribution in [-0.4, -0.2) is 35.8 Å². The lowest BCUT2D eigenvalue weighted by molar-refractivity contribution is -0.134. The Hall–Kier alpha value is -1.26. The van der Waals surface area contributed by atoms with Crippen molar-refractivity contribution in [2.75, 3.05) is 13.2 Å². The number of Topliss-reactive ketones (excluding diaryl/α,β-unsaturated/α-hetero) is 1. The lowest BCUT2D eigenvalue weighted by Crippen LogP contribution is -2.40. The molecule has 1 aromatic carbocycles. The van der Waals surface area contributed by atoms with Crippen LogP contribution in [0.2, 0.25) is 10.0 Å². The molecule has 0 spiro atoms. The van der Waals surface area contributed by atoms with Crippen molar-refractivity contribution in [3.05, 3.63) is 27.7 Å². The highest BCUT2D eigenvalue weighted by atomic mass is 35.5. The van der Waals surface area contributed by atoms with Crippen molar-refractivity contribution in [1.82, 2.24) is 4.90 Å². The van der Waals surface area contributed by atoms with Crippen LogP contribution < -0.4 is 4.74 Å². The fourth-order valence-corrected chi connectivity index (χ4v) is 5.48. The lowest BCUT2D eigenvalue weighted by Gasteiger charge is -2.39. The van der Waals surface area contributed by atoms with E-state index < -0.39 is 0 Å². The van der Waals surface area contributed by atoms with Crippen LogP contribution in [0.15, 0.2) is 12.1 Å². The summed E-state index contributed by atoms with van der Waals surface area (Å²) in [6, 6.07) is 3.29. The van der Waals surface area contributed by atoms with Crippen LogP contribution in [0.4, 0.5) is 0 Å². The molecule has 1 heterocycles. The molecule has 2 atom stereocenters. The Balaban J connectivity index is 1.74. The minimum atomic E-state index is -0.205. The monoisotopic (exact) mass is 397 g/mol. The first-order valence-corrected chi connectivity index (χ1v) is 9.68. The second-order valence-electron chi connectivity index (χ2n) is 8.84. The zero-order chi connectivity index (χ0) is 19.3. The summed E-state index contributed by atoms with van der Waals surface area (Å²) in [5.74, 6) is -0.0364. The van der Waals surface area contributed by atoms with Crippen molar-refractivity contribution in [2.45, 2.75) is 53.0 Å². The number of amides is 1. The molecule has 0 aromatic heterocycles. The first kappa shape index (κ1) is 19.5. The van der Waals surface area contributed by atoms with Crippen LogP contribution in [0.3, 0.4) is 0 Å². The number of carbonyl (C=O) groups excluding carboxylic acids is 2. The van der Waals surface area contributed by atoms with Gasteiger partial charge in [0, 0.05) is 17.6 Å². The van der Waals surface area contributed by atoms with Gasteiger partial charge in [-0.15, -0.1) is 0 Å². The van der Waals surface area contributed by atoms with Crippen molar-refractivity contribution >= 4 is 34.9 Å². The Bertz CT molecular complexity index is 762. The van der Waals surface area contributed by atoms with Gasteiger partial charge in [0.2, 0.25) is 0 Å². The molecule has 1 aliphatic heterocycles.